The first-order valence-electron chi connectivity index (χ1n) is 3.64. The Hall–Kier alpha value is -0.580. The van der Waals surface area contributed by atoms with Crippen LogP contribution in [0.25, 0.3) is 0 Å². The summed E-state index contributed by atoms with van der Waals surface area (Å²) in [6.07, 6.45) is 1.94. The summed E-state index contributed by atoms with van der Waals surface area (Å²) < 4.78 is 6.28. The molecule has 4 nitrogen and oxygen atoms in total. The molecule has 0 atom stereocenters. The molecule has 5 heteroatoms. The number of carboxylic acid groups (broad SMARTS) is 1. The minimum absolute atomic E-state index is 0.394. The molecule has 0 aromatic rings. The van der Waals surface area contributed by atoms with Crippen LogP contribution in [0.3, 0.4) is 0 Å². The number of hydrogen-bond acceptors (Lipinski definition) is 3. The fraction of sp³-hybridized carbons (Fsp3) is 0.250. The fourth-order valence-electron chi connectivity index (χ4n) is 0.0833. The van der Waals surface area contributed by atoms with Crippen LogP contribution in [0.1, 0.15) is 0 Å². The Balaban J connectivity index is -0.000000131. The summed E-state index contributed by atoms with van der Waals surface area (Å²) in [5.74, 6) is -1.37. The normalized spacial score (nSPS) is 6.15. The van der Waals surface area contributed by atoms with Crippen molar-refractivity contribution in [3.63, 3.8) is 0 Å². The van der Waals surface area contributed by atoms with E-state index in [0.717, 1.165) is 12.2 Å². The first-order chi connectivity index (χ1) is 6.08. The fourth-order valence-corrected chi connectivity index (χ4v) is 0.0833. The molecule has 0 aromatic carbocycles. The van der Waals surface area contributed by atoms with Gasteiger partial charge in [0.05, 0.1) is 7.11 Å². The number of carboxylic acids is 1. The Kier molecular flexibility index (Phi) is 24.6. The molecule has 0 bridgehead atoms. The van der Waals surface area contributed by atoms with Crippen LogP contribution < -0.4 is 0 Å². The van der Waals surface area contributed by atoms with Crippen molar-refractivity contribution in [2.24, 2.45) is 0 Å². The second kappa shape index (κ2) is 17.5. The number of hydrogen-bond donors (Lipinski definition) is 1. The van der Waals surface area contributed by atoms with Crippen molar-refractivity contribution in [3.05, 3.63) is 25.3 Å². The third kappa shape index (κ3) is 34.5. The number of esters is 1. The summed E-state index contributed by atoms with van der Waals surface area (Å²) >= 11 is 1.31. The van der Waals surface area contributed by atoms with Crippen molar-refractivity contribution in [1.82, 2.24) is 0 Å². The molecule has 0 aliphatic heterocycles. The number of carbonyl (C=O) groups is 2. The van der Waals surface area contributed by atoms with Crippen molar-refractivity contribution < 1.29 is 19.4 Å². The molecule has 0 fully saturated rings. The monoisotopic (exact) mass is 196 g/mol. The molecule has 70 valence electrons. The Morgan fingerprint density at radius 3 is 1.62 bits per heavy atom. The van der Waals surface area contributed by atoms with Crippen LogP contribution in [-0.2, 0) is 14.3 Å². The second-order valence-electron chi connectivity index (χ2n) is 1.27. The summed E-state index contributed by atoms with van der Waals surface area (Å²) in [7, 11) is 1.31. The van der Waals surface area contributed by atoms with Crippen molar-refractivity contribution in [2.45, 2.75) is 4.17 Å². The molecule has 0 spiro atoms. The van der Waals surface area contributed by atoms with E-state index < -0.39 is 11.9 Å². The summed E-state index contributed by atoms with van der Waals surface area (Å²) in [6.45, 7) is 6.12. The molecule has 0 aliphatic carbocycles. The van der Waals surface area contributed by atoms with Crippen molar-refractivity contribution >= 4 is 39.9 Å². The molecule has 0 radical (unpaired) electrons. The van der Waals surface area contributed by atoms with E-state index in [9.17, 15) is 9.59 Å². The van der Waals surface area contributed by atoms with Gasteiger partial charge in [-0.15, -0.1) is 0 Å². The topological polar surface area (TPSA) is 63.6 Å². The van der Waals surface area contributed by atoms with E-state index in [1.165, 1.54) is 35.0 Å². The Morgan fingerprint density at radius 2 is 1.62 bits per heavy atom. The molecule has 0 amide bonds. The molecule has 1 N–H and O–H groups in total. The molecule has 0 aliphatic rings. The molecule has 0 saturated carbocycles. The molecule has 0 rings (SSSR count). The zero-order chi connectivity index (χ0) is 11.3. The molecular weight excluding hydrogens is 183 g/mol. The zero-order valence-corrected chi connectivity index (χ0v) is 10.2. The number of methoxy groups -OCH3 is 1. The molecular formula is C8H13NaO4. The predicted molar refractivity (Wildman–Crippen MR) is 51.7 cm³/mol. The Morgan fingerprint density at radius 1 is 1.31 bits per heavy atom. The van der Waals surface area contributed by atoms with Gasteiger partial charge < -0.3 is 9.84 Å². The molecule has 13 heavy (non-hydrogen) atoms. The standard InChI is InChI=1S/C4H6O2.C3H4O2.CH3.Na/c1-3-4(5)6-2;1-2-3(4)5;;/h3H,1H2,2H3;2H,1H2,(H,4,5);1H3;. The summed E-state index contributed by atoms with van der Waals surface area (Å²) in [5, 5.41) is 7.60. The van der Waals surface area contributed by atoms with Gasteiger partial charge >= 0.3 is 44.0 Å². The van der Waals surface area contributed by atoms with E-state index in [1.54, 1.807) is 0 Å². The number of ether oxygens (including phenoxy) is 1. The third-order valence-electron chi connectivity index (χ3n) is 0.542. The van der Waals surface area contributed by atoms with Crippen molar-refractivity contribution in [3.8, 4) is 0 Å². The molecule has 0 aromatic heterocycles. The maximum atomic E-state index is 9.84. The van der Waals surface area contributed by atoms with E-state index in [4.69, 9.17) is 5.11 Å². The predicted octanol–water partition coefficient (Wildman–Crippen LogP) is 0.805. The molecule has 0 unspecified atom stereocenters. The number of carbonyl (C=O) groups excluding carboxylic acids is 1. The Labute approximate surface area is 95.7 Å². The summed E-state index contributed by atoms with van der Waals surface area (Å²) in [4.78, 5) is 19.1. The van der Waals surface area contributed by atoms with Crippen LogP contribution in [0, 0.1) is 0 Å². The van der Waals surface area contributed by atoms with Crippen LogP contribution in [0.4, 0.5) is 0 Å². The molecule has 0 saturated heterocycles. The number of aliphatic carboxylic acids is 1. The van der Waals surface area contributed by atoms with Crippen LogP contribution in [0.2, 0.25) is 4.17 Å². The average molecular weight is 196 g/mol. The first-order valence-corrected chi connectivity index (χ1v) is 5.64. The van der Waals surface area contributed by atoms with E-state index >= 15 is 0 Å². The van der Waals surface area contributed by atoms with Gasteiger partial charge in [0.25, 0.3) is 0 Å². The van der Waals surface area contributed by atoms with Crippen LogP contribution in [0.5, 0.6) is 0 Å². The third-order valence-corrected chi connectivity index (χ3v) is 0.542. The minimum atomic E-state index is -0.981. The van der Waals surface area contributed by atoms with Gasteiger partial charge in [0, 0.05) is 12.2 Å². The summed E-state index contributed by atoms with van der Waals surface area (Å²) in [5.41, 5.74) is 0. The average Bonchev–Trinajstić information content (AvgIpc) is 2.20. The van der Waals surface area contributed by atoms with Crippen molar-refractivity contribution in [1.29, 1.82) is 0 Å². The zero-order valence-electron chi connectivity index (χ0n) is 8.24. The summed E-state index contributed by atoms with van der Waals surface area (Å²) in [6, 6.07) is 0. The van der Waals surface area contributed by atoms with E-state index in [2.05, 4.69) is 22.1 Å². The van der Waals surface area contributed by atoms with Gasteiger partial charge in [-0.2, -0.15) is 0 Å². The maximum absolute atomic E-state index is 9.84. The van der Waals surface area contributed by atoms with Crippen LogP contribution in [0.15, 0.2) is 25.3 Å². The Bertz CT molecular complexity index is 166. The van der Waals surface area contributed by atoms with Crippen LogP contribution >= 0.6 is 0 Å². The van der Waals surface area contributed by atoms with Gasteiger partial charge in [0.2, 0.25) is 0 Å². The van der Waals surface area contributed by atoms with Gasteiger partial charge in [-0.25, -0.2) is 9.59 Å². The first kappa shape index (κ1) is 18.3. The van der Waals surface area contributed by atoms with Crippen LogP contribution in [-0.4, -0.2) is 52.1 Å². The van der Waals surface area contributed by atoms with E-state index in [-0.39, 0.29) is 0 Å². The van der Waals surface area contributed by atoms with Crippen molar-refractivity contribution in [2.75, 3.05) is 7.11 Å². The van der Waals surface area contributed by atoms with Gasteiger partial charge in [-0.1, -0.05) is 13.2 Å². The SMILES string of the molecule is C=CC(=O)O.C=CC(=O)OC.[CH3][Na]. The number of rotatable bonds is 2. The van der Waals surface area contributed by atoms with Gasteiger partial charge in [-0.05, 0) is 0 Å². The van der Waals surface area contributed by atoms with E-state index in [1.807, 2.05) is 0 Å². The second-order valence-corrected chi connectivity index (χ2v) is 1.27. The van der Waals surface area contributed by atoms with Gasteiger partial charge in [0.15, 0.2) is 0 Å². The van der Waals surface area contributed by atoms with E-state index in [0.29, 0.717) is 0 Å². The quantitative estimate of drug-likeness (QED) is 0.403. The molecule has 0 heterocycles. The van der Waals surface area contributed by atoms with Gasteiger partial charge in [0.1, 0.15) is 0 Å². The van der Waals surface area contributed by atoms with Gasteiger partial charge in [-0.3, -0.25) is 0 Å².